The van der Waals surface area contributed by atoms with Crippen LogP contribution >= 0.6 is 0 Å². The summed E-state index contributed by atoms with van der Waals surface area (Å²) >= 11 is 0. The molecule has 0 saturated heterocycles. The smallest absolute Gasteiger partial charge is 0.308 e. The van der Waals surface area contributed by atoms with Gasteiger partial charge in [0.1, 0.15) is 11.4 Å². The van der Waals surface area contributed by atoms with E-state index in [0.717, 1.165) is 23.3 Å². The van der Waals surface area contributed by atoms with Gasteiger partial charge in [0.2, 0.25) is 0 Å². The Kier molecular flexibility index (Phi) is 4.73. The minimum atomic E-state index is -0.612. The molecule has 0 spiro atoms. The second kappa shape index (κ2) is 6.74. The average molecular weight is 366 g/mol. The zero-order valence-corrected chi connectivity index (χ0v) is 16.3. The van der Waals surface area contributed by atoms with Gasteiger partial charge in [-0.25, -0.2) is 4.39 Å². The molecule has 4 heteroatoms. The van der Waals surface area contributed by atoms with Crippen molar-refractivity contribution in [2.24, 2.45) is 0 Å². The zero-order chi connectivity index (χ0) is 19.8. The largest absolute Gasteiger partial charge is 0.488 e. The molecule has 0 amide bonds. The van der Waals surface area contributed by atoms with Crippen LogP contribution in [-0.4, -0.2) is 11.6 Å². The quantitative estimate of drug-likeness (QED) is 0.405. The number of fused-ring (bicyclic) bond motifs is 1. The molecule has 3 nitrogen and oxygen atoms in total. The number of ether oxygens (including phenoxy) is 2. The van der Waals surface area contributed by atoms with Gasteiger partial charge in [-0.05, 0) is 62.1 Å². The van der Waals surface area contributed by atoms with E-state index in [1.807, 2.05) is 18.2 Å². The average Bonchev–Trinajstić information content (AvgIpc) is 2.53. The Morgan fingerprint density at radius 2 is 1.70 bits per heavy atom. The van der Waals surface area contributed by atoms with Crippen molar-refractivity contribution in [2.45, 2.75) is 52.1 Å². The predicted molar refractivity (Wildman–Crippen MR) is 102 cm³/mol. The van der Waals surface area contributed by atoms with Gasteiger partial charge in [-0.3, -0.25) is 4.79 Å². The maximum absolute atomic E-state index is 14.0. The highest BCUT2D eigenvalue weighted by Gasteiger charge is 2.38. The fourth-order valence-electron chi connectivity index (χ4n) is 3.68. The van der Waals surface area contributed by atoms with Crippen LogP contribution < -0.4 is 9.47 Å². The summed E-state index contributed by atoms with van der Waals surface area (Å²) in [7, 11) is 0. The van der Waals surface area contributed by atoms with E-state index in [1.54, 1.807) is 6.07 Å². The van der Waals surface area contributed by atoms with Crippen LogP contribution in [0.4, 0.5) is 4.39 Å². The molecule has 3 rings (SSSR count). The van der Waals surface area contributed by atoms with E-state index in [2.05, 4.69) is 39.5 Å². The minimum Gasteiger partial charge on any atom is -0.488 e. The van der Waals surface area contributed by atoms with E-state index in [0.29, 0.717) is 5.56 Å². The molecular formula is C23H23FO3. The van der Waals surface area contributed by atoms with E-state index in [9.17, 15) is 9.18 Å². The summed E-state index contributed by atoms with van der Waals surface area (Å²) in [5, 5.41) is 0. The highest BCUT2D eigenvalue weighted by atomic mass is 19.1. The van der Waals surface area contributed by atoms with Crippen LogP contribution in [0.5, 0.6) is 11.5 Å². The van der Waals surface area contributed by atoms with Gasteiger partial charge in [-0.15, -0.1) is 0 Å². The van der Waals surface area contributed by atoms with Crippen LogP contribution in [0, 0.1) is 17.7 Å². The van der Waals surface area contributed by atoms with Crippen molar-refractivity contribution in [2.75, 3.05) is 0 Å². The monoisotopic (exact) mass is 366 g/mol. The molecule has 1 aliphatic rings. The standard InChI is InChI=1S/C23H23FO3/c1-15(25)26-21-11-9-17(13-19(21)24)7-6-16-8-10-20-18(12-16)22(2,3)14-23(4,5)27-20/h8-13H,14H2,1-5H3. The van der Waals surface area contributed by atoms with E-state index in [4.69, 9.17) is 9.47 Å². The Hall–Kier alpha value is -2.80. The van der Waals surface area contributed by atoms with Crippen molar-refractivity contribution in [3.8, 4) is 23.3 Å². The van der Waals surface area contributed by atoms with Gasteiger partial charge in [-0.1, -0.05) is 25.7 Å². The van der Waals surface area contributed by atoms with Gasteiger partial charge in [0.05, 0.1) is 0 Å². The third kappa shape index (κ3) is 4.31. The molecule has 0 radical (unpaired) electrons. The van der Waals surface area contributed by atoms with Crippen LogP contribution in [0.1, 0.15) is 57.7 Å². The first-order valence-electron chi connectivity index (χ1n) is 8.89. The van der Waals surface area contributed by atoms with Gasteiger partial charge >= 0.3 is 5.97 Å². The lowest BCUT2D eigenvalue weighted by atomic mass is 9.73. The van der Waals surface area contributed by atoms with Crippen molar-refractivity contribution < 1.29 is 18.7 Å². The first-order valence-corrected chi connectivity index (χ1v) is 8.89. The summed E-state index contributed by atoms with van der Waals surface area (Å²) < 4.78 is 24.9. The molecule has 140 valence electrons. The molecule has 0 saturated carbocycles. The predicted octanol–water partition coefficient (Wildman–Crippen LogP) is 4.99. The molecular weight excluding hydrogens is 343 g/mol. The molecule has 1 aliphatic heterocycles. The maximum atomic E-state index is 14.0. The molecule has 0 unspecified atom stereocenters. The van der Waals surface area contributed by atoms with Crippen LogP contribution in [0.25, 0.3) is 0 Å². The number of carbonyl (C=O) groups is 1. The van der Waals surface area contributed by atoms with Gasteiger partial charge in [0.25, 0.3) is 0 Å². The minimum absolute atomic E-state index is 0.0213. The fraction of sp³-hybridized carbons (Fsp3) is 0.348. The number of rotatable bonds is 1. The van der Waals surface area contributed by atoms with Crippen molar-refractivity contribution in [1.82, 2.24) is 0 Å². The Balaban J connectivity index is 1.89. The second-order valence-electron chi connectivity index (χ2n) is 8.12. The molecule has 0 aliphatic carbocycles. The summed E-state index contributed by atoms with van der Waals surface area (Å²) in [6.07, 6.45) is 0.909. The zero-order valence-electron chi connectivity index (χ0n) is 16.3. The summed E-state index contributed by atoms with van der Waals surface area (Å²) in [6, 6.07) is 10.2. The Morgan fingerprint density at radius 1 is 1.07 bits per heavy atom. The number of halogens is 1. The van der Waals surface area contributed by atoms with Crippen molar-refractivity contribution in [3.63, 3.8) is 0 Å². The molecule has 2 aromatic carbocycles. The highest BCUT2D eigenvalue weighted by molar-refractivity contribution is 5.69. The Bertz CT molecular complexity index is 961. The van der Waals surface area contributed by atoms with Crippen molar-refractivity contribution >= 4 is 5.97 Å². The van der Waals surface area contributed by atoms with Crippen molar-refractivity contribution in [1.29, 1.82) is 0 Å². The number of benzene rings is 2. The van der Waals surface area contributed by atoms with Crippen LogP contribution in [0.15, 0.2) is 36.4 Å². The molecule has 1 heterocycles. The molecule has 0 fully saturated rings. The fourth-order valence-corrected chi connectivity index (χ4v) is 3.68. The highest BCUT2D eigenvalue weighted by Crippen LogP contribution is 2.44. The molecule has 0 bridgehead atoms. The normalized spacial score (nSPS) is 16.4. The number of hydrogen-bond acceptors (Lipinski definition) is 3. The maximum Gasteiger partial charge on any atom is 0.308 e. The molecule has 27 heavy (non-hydrogen) atoms. The summed E-state index contributed by atoms with van der Waals surface area (Å²) in [5.41, 5.74) is 2.26. The molecule has 0 atom stereocenters. The molecule has 2 aromatic rings. The second-order valence-corrected chi connectivity index (χ2v) is 8.12. The van der Waals surface area contributed by atoms with E-state index < -0.39 is 11.8 Å². The molecule has 0 N–H and O–H groups in total. The summed E-state index contributed by atoms with van der Waals surface area (Å²) in [6.45, 7) is 9.83. The lowest BCUT2D eigenvalue weighted by molar-refractivity contribution is -0.132. The number of carbonyl (C=O) groups excluding carboxylic acids is 1. The van der Waals surface area contributed by atoms with Crippen LogP contribution in [-0.2, 0) is 10.2 Å². The van der Waals surface area contributed by atoms with Gasteiger partial charge in [0, 0.05) is 23.6 Å². The van der Waals surface area contributed by atoms with Gasteiger partial charge in [0.15, 0.2) is 11.6 Å². The first kappa shape index (κ1) is 19.0. The van der Waals surface area contributed by atoms with Crippen molar-refractivity contribution in [3.05, 3.63) is 58.9 Å². The summed E-state index contributed by atoms with van der Waals surface area (Å²) in [4.78, 5) is 10.9. The van der Waals surface area contributed by atoms with E-state index >= 15 is 0 Å². The van der Waals surface area contributed by atoms with Crippen LogP contribution in [0.3, 0.4) is 0 Å². The lowest BCUT2D eigenvalue weighted by Gasteiger charge is -2.42. The van der Waals surface area contributed by atoms with Gasteiger partial charge in [-0.2, -0.15) is 0 Å². The third-order valence-electron chi connectivity index (χ3n) is 4.50. The van der Waals surface area contributed by atoms with Gasteiger partial charge < -0.3 is 9.47 Å². The third-order valence-corrected chi connectivity index (χ3v) is 4.50. The van der Waals surface area contributed by atoms with E-state index in [-0.39, 0.29) is 16.8 Å². The number of hydrogen-bond donors (Lipinski definition) is 0. The Labute approximate surface area is 159 Å². The van der Waals surface area contributed by atoms with Crippen LogP contribution in [0.2, 0.25) is 0 Å². The Morgan fingerprint density at radius 3 is 2.33 bits per heavy atom. The first-order chi connectivity index (χ1) is 12.6. The lowest BCUT2D eigenvalue weighted by Crippen LogP contribution is -2.41. The topological polar surface area (TPSA) is 35.5 Å². The number of esters is 1. The molecule has 0 aromatic heterocycles. The SMILES string of the molecule is CC(=O)Oc1ccc(C#Cc2ccc3c(c2)C(C)(C)CC(C)(C)O3)cc1F. The van der Waals surface area contributed by atoms with E-state index in [1.165, 1.54) is 19.1 Å². The summed E-state index contributed by atoms with van der Waals surface area (Å²) in [5.74, 6) is 5.66.